The lowest BCUT2D eigenvalue weighted by Gasteiger charge is -2.15. The molecule has 1 atom stereocenters. The third kappa shape index (κ3) is 3.54. The van der Waals surface area contributed by atoms with Crippen LogP contribution in [0.5, 0.6) is 0 Å². The summed E-state index contributed by atoms with van der Waals surface area (Å²) in [5.74, 6) is -1.87. The van der Waals surface area contributed by atoms with Gasteiger partial charge < -0.3 is 9.47 Å². The number of hydrogen-bond donors (Lipinski definition) is 1. The molecule has 8 heteroatoms. The van der Waals surface area contributed by atoms with Crippen molar-refractivity contribution in [2.45, 2.75) is 12.5 Å². The number of anilines is 1. The quantitative estimate of drug-likeness (QED) is 0.595. The molecule has 1 aliphatic rings. The highest BCUT2D eigenvalue weighted by Gasteiger charge is 2.39. The number of amides is 2. The topological polar surface area (TPSA) is 102 Å². The van der Waals surface area contributed by atoms with E-state index in [1.165, 1.54) is 38.5 Å². The van der Waals surface area contributed by atoms with Crippen LogP contribution < -0.4 is 10.2 Å². The van der Waals surface area contributed by atoms with Crippen molar-refractivity contribution in [3.8, 4) is 0 Å². The molecule has 0 radical (unpaired) electrons. The zero-order chi connectivity index (χ0) is 17.0. The summed E-state index contributed by atoms with van der Waals surface area (Å²) in [5, 5.41) is 2.69. The van der Waals surface area contributed by atoms with E-state index in [9.17, 15) is 19.2 Å². The van der Waals surface area contributed by atoms with Crippen LogP contribution in [0.2, 0.25) is 0 Å². The van der Waals surface area contributed by atoms with E-state index in [2.05, 4.69) is 14.8 Å². The highest BCUT2D eigenvalue weighted by atomic mass is 16.5. The molecule has 8 nitrogen and oxygen atoms in total. The number of nitrogens with zero attached hydrogens (tertiary/aromatic N) is 1. The van der Waals surface area contributed by atoms with Crippen LogP contribution in [0.4, 0.5) is 5.69 Å². The number of carbonyl (C=O) groups is 4. The number of hydrogen-bond acceptors (Lipinski definition) is 7. The molecule has 1 aromatic carbocycles. The molecule has 0 aromatic heterocycles. The Hall–Kier alpha value is -2.74. The van der Waals surface area contributed by atoms with Gasteiger partial charge in [0.05, 0.1) is 44.5 Å². The Morgan fingerprint density at radius 2 is 1.83 bits per heavy atom. The summed E-state index contributed by atoms with van der Waals surface area (Å²) in [7, 11) is 2.50. The monoisotopic (exact) mass is 320 g/mol. The predicted octanol–water partition coefficient (Wildman–Crippen LogP) is -0.132. The zero-order valence-electron chi connectivity index (χ0n) is 12.7. The van der Waals surface area contributed by atoms with E-state index in [1.807, 2.05) is 0 Å². The Bertz CT molecular complexity index is 640. The number of ether oxygens (including phenoxy) is 2. The summed E-state index contributed by atoms with van der Waals surface area (Å²) in [6, 6.07) is 5.14. The molecule has 1 fully saturated rings. The number of rotatable bonds is 5. The van der Waals surface area contributed by atoms with Crippen molar-refractivity contribution < 1.29 is 28.7 Å². The predicted molar refractivity (Wildman–Crippen MR) is 78.7 cm³/mol. The maximum atomic E-state index is 12.3. The number of carbonyl (C=O) groups excluding carboxylic acids is 4. The molecular weight excluding hydrogens is 304 g/mol. The van der Waals surface area contributed by atoms with Crippen molar-refractivity contribution in [1.82, 2.24) is 5.32 Å². The Kier molecular flexibility index (Phi) is 5.07. The molecule has 1 N–H and O–H groups in total. The molecule has 2 rings (SSSR count). The Labute approximate surface area is 132 Å². The second-order valence-electron chi connectivity index (χ2n) is 4.82. The first-order chi connectivity index (χ1) is 11.0. The van der Waals surface area contributed by atoms with Crippen LogP contribution in [0.25, 0.3) is 0 Å². The van der Waals surface area contributed by atoms with Gasteiger partial charge in [-0.15, -0.1) is 0 Å². The van der Waals surface area contributed by atoms with Crippen molar-refractivity contribution in [1.29, 1.82) is 0 Å². The summed E-state index contributed by atoms with van der Waals surface area (Å²) < 4.78 is 9.06. The Balaban J connectivity index is 2.10. The number of nitrogens with one attached hydrogen (secondary N) is 1. The Morgan fingerprint density at radius 1 is 1.17 bits per heavy atom. The zero-order valence-corrected chi connectivity index (χ0v) is 12.7. The fraction of sp³-hybridized carbons (Fsp3) is 0.333. The number of methoxy groups -OCH3 is 2. The van der Waals surface area contributed by atoms with E-state index >= 15 is 0 Å². The van der Waals surface area contributed by atoms with Gasteiger partial charge in [0, 0.05) is 0 Å². The van der Waals surface area contributed by atoms with Crippen molar-refractivity contribution in [2.75, 3.05) is 25.7 Å². The van der Waals surface area contributed by atoms with E-state index < -0.39 is 23.9 Å². The fourth-order valence-corrected chi connectivity index (χ4v) is 2.21. The van der Waals surface area contributed by atoms with Gasteiger partial charge in [0.1, 0.15) is 0 Å². The van der Waals surface area contributed by atoms with Crippen LogP contribution in [0, 0.1) is 0 Å². The van der Waals surface area contributed by atoms with Crippen LogP contribution in [0.3, 0.4) is 0 Å². The van der Waals surface area contributed by atoms with E-state index in [4.69, 9.17) is 0 Å². The number of benzene rings is 1. The van der Waals surface area contributed by atoms with Crippen LogP contribution in [0.1, 0.15) is 16.8 Å². The SMILES string of the molecule is COC(=O)CN[C@H]1CC(=O)N(c2ccc(C(=O)OC)cc2)C1=O. The van der Waals surface area contributed by atoms with Gasteiger partial charge in [0.25, 0.3) is 5.91 Å². The lowest BCUT2D eigenvalue weighted by molar-refractivity contribution is -0.139. The van der Waals surface area contributed by atoms with Gasteiger partial charge in [0.15, 0.2) is 0 Å². The van der Waals surface area contributed by atoms with Crippen molar-refractivity contribution >= 4 is 29.4 Å². The smallest absolute Gasteiger partial charge is 0.337 e. The summed E-state index contributed by atoms with van der Waals surface area (Å²) in [4.78, 5) is 47.8. The van der Waals surface area contributed by atoms with Gasteiger partial charge in [0.2, 0.25) is 5.91 Å². The van der Waals surface area contributed by atoms with E-state index in [0.717, 1.165) is 4.90 Å². The third-order valence-electron chi connectivity index (χ3n) is 3.41. The first-order valence-electron chi connectivity index (χ1n) is 6.83. The molecule has 1 heterocycles. The maximum Gasteiger partial charge on any atom is 0.337 e. The average molecular weight is 320 g/mol. The molecule has 0 bridgehead atoms. The first-order valence-corrected chi connectivity index (χ1v) is 6.83. The highest BCUT2D eigenvalue weighted by molar-refractivity contribution is 6.22. The van der Waals surface area contributed by atoms with E-state index in [0.29, 0.717) is 11.3 Å². The Morgan fingerprint density at radius 3 is 2.39 bits per heavy atom. The largest absolute Gasteiger partial charge is 0.468 e. The molecule has 23 heavy (non-hydrogen) atoms. The summed E-state index contributed by atoms with van der Waals surface area (Å²) in [5.41, 5.74) is 0.672. The summed E-state index contributed by atoms with van der Waals surface area (Å²) >= 11 is 0. The minimum Gasteiger partial charge on any atom is -0.468 e. The normalized spacial score (nSPS) is 17.3. The summed E-state index contributed by atoms with van der Waals surface area (Å²) in [6.07, 6.45) is -0.0470. The van der Waals surface area contributed by atoms with Crippen LogP contribution in [0.15, 0.2) is 24.3 Å². The standard InChI is InChI=1S/C15H16N2O6/c1-22-13(19)8-16-11-7-12(18)17(14(11)20)10-5-3-9(4-6-10)15(21)23-2/h3-6,11,16H,7-8H2,1-2H3/t11-/m0/s1. The first kappa shape index (κ1) is 16.6. The molecular formula is C15H16N2O6. The van der Waals surface area contributed by atoms with Gasteiger partial charge >= 0.3 is 11.9 Å². The molecule has 0 unspecified atom stereocenters. The van der Waals surface area contributed by atoms with E-state index in [-0.39, 0.29) is 18.9 Å². The molecule has 122 valence electrons. The lowest BCUT2D eigenvalue weighted by atomic mass is 10.2. The van der Waals surface area contributed by atoms with Gasteiger partial charge in [-0.05, 0) is 24.3 Å². The second-order valence-corrected chi connectivity index (χ2v) is 4.82. The molecule has 1 saturated heterocycles. The molecule has 1 aliphatic heterocycles. The minimum atomic E-state index is -0.776. The second kappa shape index (κ2) is 7.01. The summed E-state index contributed by atoms with van der Waals surface area (Å²) in [6.45, 7) is -0.157. The van der Waals surface area contributed by atoms with Crippen LogP contribution in [-0.4, -0.2) is 50.6 Å². The van der Waals surface area contributed by atoms with E-state index in [1.54, 1.807) is 0 Å². The molecule has 0 spiro atoms. The highest BCUT2D eigenvalue weighted by Crippen LogP contribution is 2.23. The molecule has 0 aliphatic carbocycles. The minimum absolute atomic E-state index is 0.0470. The molecule has 1 aromatic rings. The number of imide groups is 1. The van der Waals surface area contributed by atoms with Gasteiger partial charge in [-0.2, -0.15) is 0 Å². The van der Waals surface area contributed by atoms with Crippen LogP contribution in [-0.2, 0) is 23.9 Å². The maximum absolute atomic E-state index is 12.3. The van der Waals surface area contributed by atoms with Crippen molar-refractivity contribution in [2.24, 2.45) is 0 Å². The fourth-order valence-electron chi connectivity index (χ4n) is 2.21. The molecule has 2 amide bonds. The van der Waals surface area contributed by atoms with Gasteiger partial charge in [-0.1, -0.05) is 0 Å². The van der Waals surface area contributed by atoms with Gasteiger partial charge in [-0.3, -0.25) is 19.7 Å². The van der Waals surface area contributed by atoms with Crippen molar-refractivity contribution in [3.63, 3.8) is 0 Å². The molecule has 0 saturated carbocycles. The van der Waals surface area contributed by atoms with Crippen molar-refractivity contribution in [3.05, 3.63) is 29.8 Å². The average Bonchev–Trinajstić information content (AvgIpc) is 2.85. The van der Waals surface area contributed by atoms with Gasteiger partial charge in [-0.25, -0.2) is 9.69 Å². The number of esters is 2. The lowest BCUT2D eigenvalue weighted by Crippen LogP contribution is -2.41. The third-order valence-corrected chi connectivity index (χ3v) is 3.41. The van der Waals surface area contributed by atoms with Crippen LogP contribution >= 0.6 is 0 Å².